The zero-order chi connectivity index (χ0) is 17.6. The van der Waals surface area contributed by atoms with Crippen molar-refractivity contribution in [3.63, 3.8) is 0 Å². The molecule has 0 spiro atoms. The molecule has 2 heteroatoms. The van der Waals surface area contributed by atoms with Crippen molar-refractivity contribution >= 4 is 5.91 Å². The number of benzene rings is 1. The van der Waals surface area contributed by atoms with Gasteiger partial charge in [0.2, 0.25) is 0 Å². The van der Waals surface area contributed by atoms with Gasteiger partial charge < -0.3 is 4.90 Å². The minimum atomic E-state index is 0.157. The van der Waals surface area contributed by atoms with Crippen LogP contribution in [-0.2, 0) is 11.2 Å². The van der Waals surface area contributed by atoms with Crippen LogP contribution in [0.2, 0.25) is 0 Å². The monoisotopic (exact) mass is 333 g/mol. The van der Waals surface area contributed by atoms with E-state index in [4.69, 9.17) is 0 Å². The van der Waals surface area contributed by atoms with Crippen LogP contribution in [0.25, 0.3) is 0 Å². The van der Waals surface area contributed by atoms with Gasteiger partial charge >= 0.3 is 0 Å². The summed E-state index contributed by atoms with van der Waals surface area (Å²) in [4.78, 5) is 14.9. The van der Waals surface area contributed by atoms with Gasteiger partial charge in [0.1, 0.15) is 0 Å². The van der Waals surface area contributed by atoms with Crippen molar-refractivity contribution in [3.8, 4) is 0 Å². The summed E-state index contributed by atoms with van der Waals surface area (Å²) in [5.41, 5.74) is 6.21. The smallest absolute Gasteiger partial charge is 0.254 e. The first-order valence-electron chi connectivity index (χ1n) is 9.46. The van der Waals surface area contributed by atoms with E-state index in [2.05, 4.69) is 43.8 Å². The number of hydrogen-bond donors (Lipinski definition) is 0. The standard InChI is InChI=1S/C23H27NO/c1-16-8-7-12-23(3)15-21-19(14-20(16)23)17(2)22(25)24(21)13-11-18-9-5-4-6-10-18/h4-6,9-10,15,20H,1,7-8,11-14H2,2-3H3/t20-,23+/m1/s1. The Bertz CT molecular complexity index is 786. The summed E-state index contributed by atoms with van der Waals surface area (Å²) in [6.45, 7) is 9.47. The summed E-state index contributed by atoms with van der Waals surface area (Å²) in [6.07, 6.45) is 7.85. The van der Waals surface area contributed by atoms with Gasteiger partial charge in [-0.2, -0.15) is 0 Å². The highest BCUT2D eigenvalue weighted by atomic mass is 16.2. The highest BCUT2D eigenvalue weighted by Gasteiger charge is 2.45. The molecule has 2 atom stereocenters. The van der Waals surface area contributed by atoms with Crippen molar-refractivity contribution in [3.05, 3.63) is 71.0 Å². The number of rotatable bonds is 3. The molecule has 0 radical (unpaired) electrons. The lowest BCUT2D eigenvalue weighted by Crippen LogP contribution is -2.37. The molecule has 1 saturated carbocycles. The third-order valence-electron chi connectivity index (χ3n) is 6.46. The Morgan fingerprint density at radius 2 is 2.04 bits per heavy atom. The molecule has 0 N–H and O–H groups in total. The Morgan fingerprint density at radius 1 is 1.28 bits per heavy atom. The van der Waals surface area contributed by atoms with E-state index in [-0.39, 0.29) is 11.3 Å². The van der Waals surface area contributed by atoms with Gasteiger partial charge in [0, 0.05) is 17.8 Å². The molecule has 1 amide bonds. The Labute approximate surface area is 150 Å². The van der Waals surface area contributed by atoms with Gasteiger partial charge in [0.25, 0.3) is 5.91 Å². The topological polar surface area (TPSA) is 20.3 Å². The fourth-order valence-electron chi connectivity index (χ4n) is 4.90. The van der Waals surface area contributed by atoms with Crippen LogP contribution < -0.4 is 0 Å². The first kappa shape index (κ1) is 16.4. The zero-order valence-corrected chi connectivity index (χ0v) is 15.3. The highest BCUT2D eigenvalue weighted by Crippen LogP contribution is 2.54. The number of nitrogens with zero attached hydrogens (tertiary/aromatic N) is 1. The van der Waals surface area contributed by atoms with Crippen LogP contribution in [0.5, 0.6) is 0 Å². The van der Waals surface area contributed by atoms with Gasteiger partial charge in [-0.3, -0.25) is 4.79 Å². The van der Waals surface area contributed by atoms with E-state index < -0.39 is 0 Å². The molecule has 0 bridgehead atoms. The first-order valence-corrected chi connectivity index (χ1v) is 9.46. The van der Waals surface area contributed by atoms with Gasteiger partial charge in [0.15, 0.2) is 0 Å². The van der Waals surface area contributed by atoms with Gasteiger partial charge in [-0.05, 0) is 61.5 Å². The fraction of sp³-hybridized carbons (Fsp3) is 0.435. The van der Waals surface area contributed by atoms with E-state index >= 15 is 0 Å². The molecular formula is C23H27NO. The van der Waals surface area contributed by atoms with E-state index in [1.54, 1.807) is 0 Å². The Balaban J connectivity index is 1.64. The van der Waals surface area contributed by atoms with Gasteiger partial charge in [-0.15, -0.1) is 0 Å². The Morgan fingerprint density at radius 3 is 2.80 bits per heavy atom. The van der Waals surface area contributed by atoms with Gasteiger partial charge in [-0.1, -0.05) is 55.5 Å². The molecule has 25 heavy (non-hydrogen) atoms. The van der Waals surface area contributed by atoms with Crippen molar-refractivity contribution in [2.45, 2.75) is 46.0 Å². The van der Waals surface area contributed by atoms with Crippen LogP contribution in [-0.4, -0.2) is 17.4 Å². The SMILES string of the molecule is C=C1CCC[C@@]2(C)C=C3C(=C(C)C(=O)N3CCc3ccccc3)C[C@H]12. The summed E-state index contributed by atoms with van der Waals surface area (Å²) < 4.78 is 0. The quantitative estimate of drug-likeness (QED) is 0.710. The molecular weight excluding hydrogens is 306 g/mol. The van der Waals surface area contributed by atoms with Crippen LogP contribution in [0.15, 0.2) is 65.4 Å². The minimum absolute atomic E-state index is 0.157. The average Bonchev–Trinajstić information content (AvgIpc) is 2.82. The molecule has 3 aliphatic rings. The van der Waals surface area contributed by atoms with Crippen molar-refractivity contribution in [1.82, 2.24) is 4.90 Å². The molecule has 1 fully saturated rings. The minimum Gasteiger partial charge on any atom is -0.308 e. The predicted molar refractivity (Wildman–Crippen MR) is 102 cm³/mol. The lowest BCUT2D eigenvalue weighted by atomic mass is 9.60. The van der Waals surface area contributed by atoms with Crippen LogP contribution >= 0.6 is 0 Å². The fourth-order valence-corrected chi connectivity index (χ4v) is 4.90. The number of allylic oxidation sites excluding steroid dienone is 3. The van der Waals surface area contributed by atoms with Crippen molar-refractivity contribution in [2.24, 2.45) is 11.3 Å². The maximum absolute atomic E-state index is 12.9. The predicted octanol–water partition coefficient (Wildman–Crippen LogP) is 5.04. The number of fused-ring (bicyclic) bond motifs is 2. The molecule has 0 aromatic heterocycles. The van der Waals surface area contributed by atoms with Crippen LogP contribution in [0, 0.1) is 11.3 Å². The third-order valence-corrected chi connectivity index (χ3v) is 6.46. The summed E-state index contributed by atoms with van der Waals surface area (Å²) in [5, 5.41) is 0. The van der Waals surface area contributed by atoms with Crippen LogP contribution in [0.4, 0.5) is 0 Å². The molecule has 0 unspecified atom stereocenters. The van der Waals surface area contributed by atoms with Gasteiger partial charge in [0.05, 0.1) is 0 Å². The lowest BCUT2D eigenvalue weighted by Gasteiger charge is -2.45. The second-order valence-corrected chi connectivity index (χ2v) is 8.10. The van der Waals surface area contributed by atoms with Crippen LogP contribution in [0.1, 0.15) is 45.1 Å². The summed E-state index contributed by atoms with van der Waals surface area (Å²) >= 11 is 0. The van der Waals surface area contributed by atoms with Crippen molar-refractivity contribution in [1.29, 1.82) is 0 Å². The molecule has 4 rings (SSSR count). The second kappa shape index (κ2) is 6.01. The first-order chi connectivity index (χ1) is 12.0. The molecule has 130 valence electrons. The lowest BCUT2D eigenvalue weighted by molar-refractivity contribution is -0.124. The Kier molecular flexibility index (Phi) is 3.94. The molecule has 1 aromatic carbocycles. The maximum atomic E-state index is 12.9. The Hall–Kier alpha value is -2.09. The highest BCUT2D eigenvalue weighted by molar-refractivity contribution is 6.00. The number of carbonyl (C=O) groups excluding carboxylic acids is 1. The largest absolute Gasteiger partial charge is 0.308 e. The number of amides is 1. The molecule has 1 aromatic rings. The van der Waals surface area contributed by atoms with Crippen molar-refractivity contribution in [2.75, 3.05) is 6.54 Å². The maximum Gasteiger partial charge on any atom is 0.254 e. The molecule has 1 heterocycles. The summed E-state index contributed by atoms with van der Waals surface area (Å²) in [5.74, 6) is 0.696. The normalized spacial score (nSPS) is 28.8. The van der Waals surface area contributed by atoms with E-state index in [0.29, 0.717) is 5.92 Å². The molecule has 0 saturated heterocycles. The summed E-state index contributed by atoms with van der Waals surface area (Å²) in [6, 6.07) is 10.4. The summed E-state index contributed by atoms with van der Waals surface area (Å²) in [7, 11) is 0. The number of hydrogen-bond acceptors (Lipinski definition) is 1. The van der Waals surface area contributed by atoms with Gasteiger partial charge in [-0.25, -0.2) is 0 Å². The van der Waals surface area contributed by atoms with E-state index in [1.165, 1.54) is 35.2 Å². The van der Waals surface area contributed by atoms with E-state index in [9.17, 15) is 4.79 Å². The van der Waals surface area contributed by atoms with E-state index in [0.717, 1.165) is 31.4 Å². The average molecular weight is 333 g/mol. The second-order valence-electron chi connectivity index (χ2n) is 8.10. The van der Waals surface area contributed by atoms with Crippen LogP contribution in [0.3, 0.4) is 0 Å². The van der Waals surface area contributed by atoms with Crippen molar-refractivity contribution < 1.29 is 4.79 Å². The third kappa shape index (κ3) is 2.68. The zero-order valence-electron chi connectivity index (χ0n) is 15.3. The number of carbonyl (C=O) groups is 1. The molecule has 2 nitrogen and oxygen atoms in total. The van der Waals surface area contributed by atoms with E-state index in [1.807, 2.05) is 17.9 Å². The molecule has 2 aliphatic carbocycles. The molecule has 1 aliphatic heterocycles.